The van der Waals surface area contributed by atoms with Crippen LogP contribution in [0.4, 0.5) is 0 Å². The second-order valence-corrected chi connectivity index (χ2v) is 3.45. The average molecular weight is 209 g/mol. The number of fused-ring (bicyclic) bond motifs is 1. The Hall–Kier alpha value is -1.48. The van der Waals surface area contributed by atoms with Gasteiger partial charge in [-0.3, -0.25) is 0 Å². The molecule has 0 unspecified atom stereocenters. The zero-order chi connectivity index (χ0) is 9.97. The monoisotopic (exact) mass is 208 g/mol. The van der Waals surface area contributed by atoms with Crippen LogP contribution in [0.3, 0.4) is 0 Å². The number of para-hydroxylation sites is 1. The minimum Gasteiger partial charge on any atom is -0.410 e. The molecule has 0 fully saturated rings. The molecule has 1 heterocycles. The number of nitrogens with one attached hydrogen (secondary N) is 1. The number of oxime groups is 1. The summed E-state index contributed by atoms with van der Waals surface area (Å²) in [4.78, 5) is 3.12. The maximum Gasteiger partial charge on any atom is 0.149 e. The third kappa shape index (κ3) is 1.59. The van der Waals surface area contributed by atoms with Crippen LogP contribution in [0.1, 0.15) is 5.56 Å². The molecule has 0 aliphatic heterocycles. The summed E-state index contributed by atoms with van der Waals surface area (Å²) < 4.78 is 0. The molecule has 2 rings (SSSR count). The molecule has 4 heteroatoms. The molecular formula is C10H9ClN2O. The highest BCUT2D eigenvalue weighted by Crippen LogP contribution is 2.18. The fourth-order valence-corrected chi connectivity index (χ4v) is 1.61. The molecule has 3 nitrogen and oxygen atoms in total. The minimum absolute atomic E-state index is 0.190. The van der Waals surface area contributed by atoms with Crippen molar-refractivity contribution in [3.63, 3.8) is 0 Å². The Morgan fingerprint density at radius 1 is 1.43 bits per heavy atom. The highest BCUT2D eigenvalue weighted by molar-refractivity contribution is 6.65. The summed E-state index contributed by atoms with van der Waals surface area (Å²) >= 11 is 5.64. The van der Waals surface area contributed by atoms with Gasteiger partial charge in [-0.2, -0.15) is 0 Å². The van der Waals surface area contributed by atoms with Crippen molar-refractivity contribution in [3.8, 4) is 0 Å². The quantitative estimate of drug-likeness (QED) is 0.445. The van der Waals surface area contributed by atoms with E-state index in [-0.39, 0.29) is 5.17 Å². The lowest BCUT2D eigenvalue weighted by molar-refractivity contribution is 0.319. The Balaban J connectivity index is 2.43. The minimum atomic E-state index is 0.190. The molecule has 0 spiro atoms. The number of rotatable bonds is 2. The van der Waals surface area contributed by atoms with Crippen LogP contribution < -0.4 is 0 Å². The largest absolute Gasteiger partial charge is 0.410 e. The van der Waals surface area contributed by atoms with Gasteiger partial charge >= 0.3 is 0 Å². The standard InChI is InChI=1S/C10H9ClN2O/c11-10(13-14)5-7-6-12-9-4-2-1-3-8(7)9/h1-4,6,12,14H,5H2/b13-10+. The highest BCUT2D eigenvalue weighted by atomic mass is 35.5. The van der Waals surface area contributed by atoms with E-state index < -0.39 is 0 Å². The van der Waals surface area contributed by atoms with Crippen molar-refractivity contribution < 1.29 is 5.21 Å². The topological polar surface area (TPSA) is 48.4 Å². The van der Waals surface area contributed by atoms with Gasteiger partial charge in [-0.25, -0.2) is 0 Å². The van der Waals surface area contributed by atoms with Crippen molar-refractivity contribution in [2.75, 3.05) is 0 Å². The van der Waals surface area contributed by atoms with Crippen LogP contribution >= 0.6 is 11.6 Å². The molecule has 0 saturated heterocycles. The second-order valence-electron chi connectivity index (χ2n) is 3.01. The van der Waals surface area contributed by atoms with Gasteiger partial charge in [0.1, 0.15) is 5.17 Å². The number of aromatic amines is 1. The summed E-state index contributed by atoms with van der Waals surface area (Å²) in [5, 5.41) is 12.7. The maximum atomic E-state index is 8.45. The molecule has 0 saturated carbocycles. The summed E-state index contributed by atoms with van der Waals surface area (Å²) in [5.74, 6) is 0. The molecule has 1 aromatic carbocycles. The number of hydrogen-bond donors (Lipinski definition) is 2. The van der Waals surface area contributed by atoms with Gasteiger partial charge < -0.3 is 10.2 Å². The van der Waals surface area contributed by atoms with Gasteiger partial charge in [0.2, 0.25) is 0 Å². The normalized spacial score (nSPS) is 12.2. The second kappa shape index (κ2) is 3.72. The molecule has 0 aliphatic rings. The molecule has 0 aliphatic carbocycles. The summed E-state index contributed by atoms with van der Waals surface area (Å²) in [5.41, 5.74) is 2.09. The fourth-order valence-electron chi connectivity index (χ4n) is 1.47. The Morgan fingerprint density at radius 3 is 3.00 bits per heavy atom. The molecule has 0 amide bonds. The lowest BCUT2D eigenvalue weighted by atomic mass is 10.1. The van der Waals surface area contributed by atoms with Gasteiger partial charge in [0.15, 0.2) is 0 Å². The van der Waals surface area contributed by atoms with Crippen molar-refractivity contribution in [2.45, 2.75) is 6.42 Å². The van der Waals surface area contributed by atoms with Gasteiger partial charge in [0, 0.05) is 23.5 Å². The van der Waals surface area contributed by atoms with E-state index >= 15 is 0 Å². The third-order valence-electron chi connectivity index (χ3n) is 2.12. The lowest BCUT2D eigenvalue weighted by Gasteiger charge is -1.94. The number of aromatic nitrogens is 1. The van der Waals surface area contributed by atoms with Crippen LogP contribution in [-0.2, 0) is 6.42 Å². The zero-order valence-corrected chi connectivity index (χ0v) is 8.12. The van der Waals surface area contributed by atoms with Gasteiger partial charge in [0.25, 0.3) is 0 Å². The average Bonchev–Trinajstić information content (AvgIpc) is 2.62. The first-order chi connectivity index (χ1) is 6.81. The van der Waals surface area contributed by atoms with Crippen molar-refractivity contribution >= 4 is 27.7 Å². The van der Waals surface area contributed by atoms with Crippen LogP contribution in [0.2, 0.25) is 0 Å². The first-order valence-electron chi connectivity index (χ1n) is 4.22. The predicted octanol–water partition coefficient (Wildman–Crippen LogP) is 2.74. The first-order valence-corrected chi connectivity index (χ1v) is 4.60. The molecule has 0 atom stereocenters. The van der Waals surface area contributed by atoms with E-state index in [9.17, 15) is 0 Å². The maximum absolute atomic E-state index is 8.45. The molecule has 0 bridgehead atoms. The Morgan fingerprint density at radius 2 is 2.21 bits per heavy atom. The molecule has 2 N–H and O–H groups in total. The number of nitrogens with zero attached hydrogens (tertiary/aromatic N) is 1. The smallest absolute Gasteiger partial charge is 0.149 e. The molecule has 2 aromatic rings. The summed E-state index contributed by atoms with van der Waals surface area (Å²) in [7, 11) is 0. The van der Waals surface area contributed by atoms with Gasteiger partial charge in [-0.1, -0.05) is 35.0 Å². The van der Waals surface area contributed by atoms with Crippen LogP contribution in [0.5, 0.6) is 0 Å². The van der Waals surface area contributed by atoms with Crippen molar-refractivity contribution in [1.29, 1.82) is 0 Å². The van der Waals surface area contributed by atoms with Crippen LogP contribution in [0, 0.1) is 0 Å². The fraction of sp³-hybridized carbons (Fsp3) is 0.100. The Bertz CT molecular complexity index is 476. The highest BCUT2D eigenvalue weighted by Gasteiger charge is 2.04. The summed E-state index contributed by atoms with van der Waals surface area (Å²) in [6.07, 6.45) is 2.32. The van der Waals surface area contributed by atoms with E-state index in [0.29, 0.717) is 6.42 Å². The molecular weight excluding hydrogens is 200 g/mol. The van der Waals surface area contributed by atoms with E-state index in [0.717, 1.165) is 16.5 Å². The van der Waals surface area contributed by atoms with Gasteiger partial charge in [0.05, 0.1) is 0 Å². The Labute approximate surface area is 86.0 Å². The van der Waals surface area contributed by atoms with E-state index in [1.807, 2.05) is 30.5 Å². The first kappa shape index (κ1) is 9.09. The molecule has 0 radical (unpaired) electrons. The lowest BCUT2D eigenvalue weighted by Crippen LogP contribution is -1.92. The Kier molecular flexibility index (Phi) is 2.41. The zero-order valence-electron chi connectivity index (χ0n) is 7.37. The molecule has 1 aromatic heterocycles. The van der Waals surface area contributed by atoms with E-state index in [2.05, 4.69) is 10.1 Å². The third-order valence-corrected chi connectivity index (χ3v) is 2.33. The predicted molar refractivity (Wildman–Crippen MR) is 57.1 cm³/mol. The molecule has 14 heavy (non-hydrogen) atoms. The van der Waals surface area contributed by atoms with Gasteiger partial charge in [-0.05, 0) is 11.6 Å². The van der Waals surface area contributed by atoms with E-state index in [4.69, 9.17) is 16.8 Å². The number of halogens is 1. The van der Waals surface area contributed by atoms with Crippen molar-refractivity contribution in [1.82, 2.24) is 4.98 Å². The van der Waals surface area contributed by atoms with Gasteiger partial charge in [-0.15, -0.1) is 0 Å². The number of benzene rings is 1. The summed E-state index contributed by atoms with van der Waals surface area (Å²) in [6.45, 7) is 0. The van der Waals surface area contributed by atoms with Crippen molar-refractivity contribution in [3.05, 3.63) is 36.0 Å². The van der Waals surface area contributed by atoms with Crippen LogP contribution in [0.25, 0.3) is 10.9 Å². The molecule has 72 valence electrons. The van der Waals surface area contributed by atoms with Crippen molar-refractivity contribution in [2.24, 2.45) is 5.16 Å². The number of H-pyrrole nitrogens is 1. The van der Waals surface area contributed by atoms with E-state index in [1.165, 1.54) is 0 Å². The van der Waals surface area contributed by atoms with E-state index in [1.54, 1.807) is 0 Å². The summed E-state index contributed by atoms with van der Waals surface area (Å²) in [6, 6.07) is 7.92. The number of hydrogen-bond acceptors (Lipinski definition) is 2. The van der Waals surface area contributed by atoms with Crippen LogP contribution in [0.15, 0.2) is 35.6 Å². The SMILES string of the molecule is O/N=C(/Cl)Cc1c[nH]c2ccccc12. The van der Waals surface area contributed by atoms with Crippen LogP contribution in [-0.4, -0.2) is 15.4 Å².